The molecule has 0 fully saturated rings. The molecular formula is C8H3Cl3F2O. The van der Waals surface area contributed by atoms with E-state index in [-0.39, 0.29) is 10.0 Å². The molecule has 6 heteroatoms. The van der Waals surface area contributed by atoms with E-state index in [1.165, 1.54) is 18.2 Å². The molecule has 0 aliphatic heterocycles. The van der Waals surface area contributed by atoms with E-state index >= 15 is 0 Å². The van der Waals surface area contributed by atoms with Crippen LogP contribution in [0, 0.1) is 0 Å². The molecule has 0 atom stereocenters. The Balaban J connectivity index is 3.26. The minimum absolute atomic E-state index is 0.150. The highest BCUT2D eigenvalue weighted by Crippen LogP contribution is 2.32. The van der Waals surface area contributed by atoms with Crippen molar-refractivity contribution in [1.82, 2.24) is 0 Å². The highest BCUT2D eigenvalue weighted by molar-refractivity contribution is 6.44. The van der Waals surface area contributed by atoms with Crippen LogP contribution in [0.4, 0.5) is 8.78 Å². The lowest BCUT2D eigenvalue weighted by Crippen LogP contribution is -2.22. The Morgan fingerprint density at radius 3 is 2.00 bits per heavy atom. The van der Waals surface area contributed by atoms with Gasteiger partial charge in [-0.25, -0.2) is 0 Å². The maximum atomic E-state index is 12.5. The lowest BCUT2D eigenvalue weighted by atomic mass is 10.1. The molecule has 0 radical (unpaired) electrons. The third-order valence-electron chi connectivity index (χ3n) is 1.45. The standard InChI is InChI=1S/C8H3Cl3F2O/c9-4-2-1-3-5(10)6(4)7(14)8(11,12)13/h1-3H. The van der Waals surface area contributed by atoms with Gasteiger partial charge in [0, 0.05) is 0 Å². The number of halogens is 5. The van der Waals surface area contributed by atoms with E-state index < -0.39 is 16.7 Å². The normalized spacial score (nSPS) is 11.5. The third-order valence-corrected chi connectivity index (χ3v) is 2.25. The van der Waals surface area contributed by atoms with Crippen LogP contribution < -0.4 is 0 Å². The number of hydrogen-bond donors (Lipinski definition) is 0. The maximum Gasteiger partial charge on any atom is 0.385 e. The average Bonchev–Trinajstić information content (AvgIpc) is 2.01. The van der Waals surface area contributed by atoms with Gasteiger partial charge in [-0.2, -0.15) is 8.78 Å². The van der Waals surface area contributed by atoms with Gasteiger partial charge in [0.1, 0.15) is 0 Å². The van der Waals surface area contributed by atoms with E-state index in [9.17, 15) is 13.6 Å². The molecule has 0 bridgehead atoms. The van der Waals surface area contributed by atoms with Crippen LogP contribution in [-0.2, 0) is 0 Å². The number of alkyl halides is 3. The smallest absolute Gasteiger partial charge is 0.286 e. The molecule has 0 amide bonds. The summed E-state index contributed by atoms with van der Waals surface area (Å²) < 4.78 is 24.9. The molecule has 1 aromatic carbocycles. The predicted octanol–water partition coefficient (Wildman–Crippen LogP) is 4.01. The van der Waals surface area contributed by atoms with Gasteiger partial charge in [-0.1, -0.05) is 29.3 Å². The molecule has 1 aromatic rings. The maximum absolute atomic E-state index is 12.5. The fourth-order valence-corrected chi connectivity index (χ4v) is 1.52. The van der Waals surface area contributed by atoms with Crippen molar-refractivity contribution in [1.29, 1.82) is 0 Å². The van der Waals surface area contributed by atoms with E-state index in [0.29, 0.717) is 0 Å². The molecule has 0 aliphatic carbocycles. The molecule has 1 rings (SSSR count). The molecule has 76 valence electrons. The minimum Gasteiger partial charge on any atom is -0.286 e. The van der Waals surface area contributed by atoms with Gasteiger partial charge < -0.3 is 0 Å². The Morgan fingerprint density at radius 2 is 1.64 bits per heavy atom. The fourth-order valence-electron chi connectivity index (χ4n) is 0.856. The van der Waals surface area contributed by atoms with Gasteiger partial charge in [-0.3, -0.25) is 4.79 Å². The van der Waals surface area contributed by atoms with Crippen molar-refractivity contribution in [2.24, 2.45) is 0 Å². The summed E-state index contributed by atoms with van der Waals surface area (Å²) in [6.07, 6.45) is 0. The van der Waals surface area contributed by atoms with E-state index in [1.807, 2.05) is 0 Å². The molecule has 0 aliphatic rings. The number of benzene rings is 1. The highest BCUT2D eigenvalue weighted by Gasteiger charge is 2.38. The Kier molecular flexibility index (Phi) is 3.35. The second kappa shape index (κ2) is 4.01. The molecular weight excluding hydrogens is 256 g/mol. The van der Waals surface area contributed by atoms with Gasteiger partial charge in [0.2, 0.25) is 0 Å². The minimum atomic E-state index is -3.99. The first kappa shape index (κ1) is 11.7. The van der Waals surface area contributed by atoms with Crippen LogP contribution in [0.25, 0.3) is 0 Å². The predicted molar refractivity (Wildman–Crippen MR) is 51.6 cm³/mol. The summed E-state index contributed by atoms with van der Waals surface area (Å²) in [5.41, 5.74) is -0.462. The van der Waals surface area contributed by atoms with Crippen LogP contribution >= 0.6 is 34.8 Å². The summed E-state index contributed by atoms with van der Waals surface area (Å²) in [5, 5.41) is -4.29. The topological polar surface area (TPSA) is 17.1 Å². The number of hydrogen-bond acceptors (Lipinski definition) is 1. The van der Waals surface area contributed by atoms with Gasteiger partial charge in [0.05, 0.1) is 15.6 Å². The van der Waals surface area contributed by atoms with Crippen LogP contribution in [0.3, 0.4) is 0 Å². The molecule has 0 heterocycles. The number of carbonyl (C=O) groups excluding carboxylic acids is 1. The van der Waals surface area contributed by atoms with Crippen molar-refractivity contribution in [3.05, 3.63) is 33.8 Å². The zero-order chi connectivity index (χ0) is 10.9. The Morgan fingerprint density at radius 1 is 1.21 bits per heavy atom. The SMILES string of the molecule is O=C(c1c(Cl)cccc1Cl)C(F)(F)Cl. The zero-order valence-corrected chi connectivity index (χ0v) is 8.80. The lowest BCUT2D eigenvalue weighted by molar-refractivity contribution is 0.0536. The van der Waals surface area contributed by atoms with Crippen LogP contribution in [0.15, 0.2) is 18.2 Å². The summed E-state index contributed by atoms with van der Waals surface area (Å²) in [4.78, 5) is 11.1. The summed E-state index contributed by atoms with van der Waals surface area (Å²) in [7, 11) is 0. The van der Waals surface area contributed by atoms with Crippen LogP contribution in [0.2, 0.25) is 10.0 Å². The number of ketones is 1. The first-order chi connectivity index (χ1) is 6.34. The quantitative estimate of drug-likeness (QED) is 0.579. The number of Topliss-reactive ketones (excluding diaryl/α,β-unsaturated/α-hetero) is 1. The first-order valence-electron chi connectivity index (χ1n) is 3.39. The Hall–Kier alpha value is -0.380. The highest BCUT2D eigenvalue weighted by atomic mass is 35.5. The Bertz CT molecular complexity index is 353. The summed E-state index contributed by atoms with van der Waals surface area (Å²) >= 11 is 15.6. The Labute approximate surface area is 93.6 Å². The summed E-state index contributed by atoms with van der Waals surface area (Å²) in [6.45, 7) is 0. The molecule has 0 spiro atoms. The van der Waals surface area contributed by atoms with Crippen molar-refractivity contribution in [3.8, 4) is 0 Å². The van der Waals surface area contributed by atoms with Crippen LogP contribution in [-0.4, -0.2) is 11.2 Å². The van der Waals surface area contributed by atoms with Crippen molar-refractivity contribution >= 4 is 40.6 Å². The second-order valence-electron chi connectivity index (χ2n) is 2.42. The van der Waals surface area contributed by atoms with E-state index in [0.717, 1.165) is 0 Å². The van der Waals surface area contributed by atoms with Crippen molar-refractivity contribution in [3.63, 3.8) is 0 Å². The van der Waals surface area contributed by atoms with Gasteiger partial charge in [-0.05, 0) is 23.7 Å². The lowest BCUT2D eigenvalue weighted by Gasteiger charge is -2.09. The van der Waals surface area contributed by atoms with Gasteiger partial charge in [0.25, 0.3) is 5.78 Å². The molecule has 0 aromatic heterocycles. The van der Waals surface area contributed by atoms with E-state index in [4.69, 9.17) is 23.2 Å². The van der Waals surface area contributed by atoms with Crippen molar-refractivity contribution in [2.75, 3.05) is 0 Å². The number of carbonyl (C=O) groups is 1. The largest absolute Gasteiger partial charge is 0.385 e. The molecule has 0 saturated carbocycles. The average molecular weight is 259 g/mol. The van der Waals surface area contributed by atoms with Crippen LogP contribution in [0.1, 0.15) is 10.4 Å². The molecule has 0 N–H and O–H groups in total. The van der Waals surface area contributed by atoms with Crippen molar-refractivity contribution in [2.45, 2.75) is 5.38 Å². The molecule has 14 heavy (non-hydrogen) atoms. The van der Waals surface area contributed by atoms with E-state index in [1.54, 1.807) is 0 Å². The van der Waals surface area contributed by atoms with Crippen LogP contribution in [0.5, 0.6) is 0 Å². The second-order valence-corrected chi connectivity index (χ2v) is 3.71. The number of rotatable bonds is 2. The molecule has 0 saturated heterocycles. The van der Waals surface area contributed by atoms with Gasteiger partial charge in [-0.15, -0.1) is 0 Å². The van der Waals surface area contributed by atoms with Gasteiger partial charge in [0.15, 0.2) is 0 Å². The van der Waals surface area contributed by atoms with Gasteiger partial charge >= 0.3 is 5.38 Å². The third kappa shape index (κ3) is 2.35. The van der Waals surface area contributed by atoms with E-state index in [2.05, 4.69) is 11.6 Å². The summed E-state index contributed by atoms with van der Waals surface area (Å²) in [5.74, 6) is -1.60. The fraction of sp³-hybridized carbons (Fsp3) is 0.125. The molecule has 1 nitrogen and oxygen atoms in total. The zero-order valence-electron chi connectivity index (χ0n) is 6.53. The molecule has 0 unspecified atom stereocenters. The monoisotopic (exact) mass is 258 g/mol. The van der Waals surface area contributed by atoms with Crippen molar-refractivity contribution < 1.29 is 13.6 Å². The first-order valence-corrected chi connectivity index (χ1v) is 4.53. The summed E-state index contributed by atoms with van der Waals surface area (Å²) in [6, 6.07) is 4.00.